The number of hydrogen-bond donors (Lipinski definition) is 2. The highest BCUT2D eigenvalue weighted by atomic mass is 79.9. The fourth-order valence-electron chi connectivity index (χ4n) is 1.38. The number of rotatable bonds is 4. The van der Waals surface area contributed by atoms with Crippen LogP contribution in [-0.2, 0) is 0 Å². The molecule has 0 aliphatic rings. The number of nitrogens with one attached hydrogen (secondary N) is 1. The molecule has 2 aromatic rings. The lowest BCUT2D eigenvalue weighted by Crippen LogP contribution is -2.09. The van der Waals surface area contributed by atoms with Crippen molar-refractivity contribution < 1.29 is 14.1 Å². The third-order valence-corrected chi connectivity index (χ3v) is 2.87. The van der Waals surface area contributed by atoms with Gasteiger partial charge < -0.3 is 10.2 Å². The maximum Gasteiger partial charge on any atom is 0.278 e. The zero-order valence-corrected chi connectivity index (χ0v) is 11.4. The predicted octanol–water partition coefficient (Wildman–Crippen LogP) is 2.97. The Hall–Kier alpha value is -2.26. The van der Waals surface area contributed by atoms with E-state index in [2.05, 4.69) is 26.3 Å². The van der Waals surface area contributed by atoms with Crippen LogP contribution in [0, 0.1) is 15.9 Å². The van der Waals surface area contributed by atoms with Crippen LogP contribution in [0.5, 0.6) is 11.6 Å². The maximum absolute atomic E-state index is 13.1. The molecule has 0 bridgehead atoms. The Kier molecular flexibility index (Phi) is 4.11. The van der Waals surface area contributed by atoms with Crippen LogP contribution in [0.4, 0.5) is 15.9 Å². The smallest absolute Gasteiger partial charge is 0.278 e. The number of pyridine rings is 1. The van der Waals surface area contributed by atoms with Crippen molar-refractivity contribution >= 4 is 27.4 Å². The van der Waals surface area contributed by atoms with E-state index in [0.717, 1.165) is 12.1 Å². The van der Waals surface area contributed by atoms with Gasteiger partial charge in [0, 0.05) is 0 Å². The van der Waals surface area contributed by atoms with Crippen molar-refractivity contribution in [3.05, 3.63) is 50.7 Å². The van der Waals surface area contributed by atoms with Gasteiger partial charge in [0.1, 0.15) is 11.6 Å². The molecule has 0 aliphatic heterocycles. The SMILES string of the molecule is NNc1cc([N+](=O)[O-])cc(Oc2ccc(F)c(Br)c2)n1. The quantitative estimate of drug-likeness (QED) is 0.503. The van der Waals surface area contributed by atoms with Crippen molar-refractivity contribution in [1.29, 1.82) is 0 Å². The second-order valence-electron chi connectivity index (χ2n) is 3.63. The first-order valence-corrected chi connectivity index (χ1v) is 6.05. The summed E-state index contributed by atoms with van der Waals surface area (Å²) in [7, 11) is 0. The summed E-state index contributed by atoms with van der Waals surface area (Å²) in [5.41, 5.74) is 1.97. The first kappa shape index (κ1) is 14.2. The molecule has 20 heavy (non-hydrogen) atoms. The van der Waals surface area contributed by atoms with Crippen molar-refractivity contribution in [3.8, 4) is 11.6 Å². The van der Waals surface area contributed by atoms with Crippen LogP contribution in [-0.4, -0.2) is 9.91 Å². The molecule has 2 rings (SSSR count). The van der Waals surface area contributed by atoms with Crippen molar-refractivity contribution in [2.45, 2.75) is 0 Å². The Morgan fingerprint density at radius 1 is 1.40 bits per heavy atom. The molecule has 0 aliphatic carbocycles. The Balaban J connectivity index is 2.34. The molecule has 0 atom stereocenters. The highest BCUT2D eigenvalue weighted by molar-refractivity contribution is 9.10. The van der Waals surface area contributed by atoms with E-state index in [1.807, 2.05) is 0 Å². The minimum atomic E-state index is -0.601. The van der Waals surface area contributed by atoms with E-state index < -0.39 is 10.7 Å². The normalized spacial score (nSPS) is 10.2. The monoisotopic (exact) mass is 342 g/mol. The zero-order valence-electron chi connectivity index (χ0n) is 9.84. The fraction of sp³-hybridized carbons (Fsp3) is 0. The number of nitrogens with zero attached hydrogens (tertiary/aromatic N) is 2. The summed E-state index contributed by atoms with van der Waals surface area (Å²) in [5, 5.41) is 10.8. The molecule has 7 nitrogen and oxygen atoms in total. The lowest BCUT2D eigenvalue weighted by Gasteiger charge is -2.07. The van der Waals surface area contributed by atoms with Gasteiger partial charge in [0.25, 0.3) is 5.69 Å². The van der Waals surface area contributed by atoms with E-state index in [9.17, 15) is 14.5 Å². The molecule has 0 saturated carbocycles. The summed E-state index contributed by atoms with van der Waals surface area (Å²) in [6, 6.07) is 6.24. The van der Waals surface area contributed by atoms with Crippen LogP contribution in [0.15, 0.2) is 34.8 Å². The molecular formula is C11H8BrFN4O3. The molecule has 3 N–H and O–H groups in total. The van der Waals surface area contributed by atoms with Crippen LogP contribution in [0.1, 0.15) is 0 Å². The average molecular weight is 343 g/mol. The van der Waals surface area contributed by atoms with Gasteiger partial charge in [0.15, 0.2) is 5.82 Å². The molecule has 0 radical (unpaired) electrons. The lowest BCUT2D eigenvalue weighted by atomic mass is 10.3. The molecule has 9 heteroatoms. The topological polar surface area (TPSA) is 103 Å². The summed E-state index contributed by atoms with van der Waals surface area (Å²) in [4.78, 5) is 14.1. The number of hydrogen-bond acceptors (Lipinski definition) is 6. The van der Waals surface area contributed by atoms with E-state index in [4.69, 9.17) is 10.6 Å². The second-order valence-corrected chi connectivity index (χ2v) is 4.48. The summed E-state index contributed by atoms with van der Waals surface area (Å²) < 4.78 is 18.6. The molecule has 1 heterocycles. The molecule has 0 saturated heterocycles. The first-order chi connectivity index (χ1) is 9.49. The standard InChI is InChI=1S/C11H8BrFN4O3/c12-8-5-7(1-2-9(8)13)20-11-4-6(17(18)19)3-10(15-11)16-14/h1-5H,14H2,(H,15,16). The summed E-state index contributed by atoms with van der Waals surface area (Å²) in [6.07, 6.45) is 0. The molecule has 1 aromatic heterocycles. The molecule has 104 valence electrons. The minimum absolute atomic E-state index is 0.0364. The summed E-state index contributed by atoms with van der Waals surface area (Å²) in [5.74, 6) is 5.04. The third-order valence-electron chi connectivity index (χ3n) is 2.26. The van der Waals surface area contributed by atoms with Gasteiger partial charge in [0.2, 0.25) is 5.88 Å². The van der Waals surface area contributed by atoms with Crippen LogP contribution in [0.25, 0.3) is 0 Å². The van der Waals surface area contributed by atoms with Gasteiger partial charge in [-0.1, -0.05) is 0 Å². The van der Waals surface area contributed by atoms with Gasteiger partial charge in [-0.2, -0.15) is 4.98 Å². The predicted molar refractivity (Wildman–Crippen MR) is 72.9 cm³/mol. The van der Waals surface area contributed by atoms with Crippen LogP contribution < -0.4 is 16.0 Å². The zero-order chi connectivity index (χ0) is 14.7. The minimum Gasteiger partial charge on any atom is -0.439 e. The van der Waals surface area contributed by atoms with Crippen molar-refractivity contribution in [1.82, 2.24) is 4.98 Å². The van der Waals surface area contributed by atoms with Gasteiger partial charge in [0.05, 0.1) is 21.5 Å². The van der Waals surface area contributed by atoms with Gasteiger partial charge in [-0.05, 0) is 34.1 Å². The molecule has 0 amide bonds. The molecule has 1 aromatic carbocycles. The average Bonchev–Trinajstić information content (AvgIpc) is 2.42. The van der Waals surface area contributed by atoms with E-state index in [1.54, 1.807) is 0 Å². The van der Waals surface area contributed by atoms with E-state index in [-0.39, 0.29) is 27.6 Å². The number of halogens is 2. The lowest BCUT2D eigenvalue weighted by molar-refractivity contribution is -0.384. The number of nitro groups is 1. The Morgan fingerprint density at radius 3 is 2.75 bits per heavy atom. The Labute approximate surface area is 120 Å². The van der Waals surface area contributed by atoms with Gasteiger partial charge >= 0.3 is 0 Å². The summed E-state index contributed by atoms with van der Waals surface area (Å²) in [6.45, 7) is 0. The molecule has 0 fully saturated rings. The third kappa shape index (κ3) is 3.19. The van der Waals surface area contributed by atoms with Crippen LogP contribution in [0.3, 0.4) is 0 Å². The van der Waals surface area contributed by atoms with Gasteiger partial charge in [-0.25, -0.2) is 10.2 Å². The number of hydrazine groups is 1. The summed E-state index contributed by atoms with van der Waals surface area (Å²) >= 11 is 3.01. The van der Waals surface area contributed by atoms with Crippen molar-refractivity contribution in [2.75, 3.05) is 5.43 Å². The highest BCUT2D eigenvalue weighted by Gasteiger charge is 2.12. The van der Waals surface area contributed by atoms with Crippen molar-refractivity contribution in [2.24, 2.45) is 5.84 Å². The number of nitrogens with two attached hydrogens (primary N) is 1. The maximum atomic E-state index is 13.1. The van der Waals surface area contributed by atoms with Crippen LogP contribution in [0.2, 0.25) is 0 Å². The van der Waals surface area contributed by atoms with Crippen LogP contribution >= 0.6 is 15.9 Å². The molecule has 0 unspecified atom stereocenters. The number of nitrogen functional groups attached to an aromatic ring is 1. The number of anilines is 1. The molecular weight excluding hydrogens is 335 g/mol. The highest BCUT2D eigenvalue weighted by Crippen LogP contribution is 2.28. The Bertz CT molecular complexity index is 668. The van der Waals surface area contributed by atoms with Gasteiger partial charge in [-0.3, -0.25) is 10.1 Å². The number of aromatic nitrogens is 1. The van der Waals surface area contributed by atoms with E-state index in [0.29, 0.717) is 0 Å². The Morgan fingerprint density at radius 2 is 2.15 bits per heavy atom. The fourth-order valence-corrected chi connectivity index (χ4v) is 1.74. The largest absolute Gasteiger partial charge is 0.439 e. The van der Waals surface area contributed by atoms with E-state index in [1.165, 1.54) is 18.2 Å². The first-order valence-electron chi connectivity index (χ1n) is 5.25. The number of ether oxygens (including phenoxy) is 1. The number of benzene rings is 1. The van der Waals surface area contributed by atoms with Gasteiger partial charge in [-0.15, -0.1) is 0 Å². The second kappa shape index (κ2) is 5.80. The van der Waals surface area contributed by atoms with Crippen molar-refractivity contribution in [3.63, 3.8) is 0 Å². The molecule has 0 spiro atoms. The van der Waals surface area contributed by atoms with E-state index >= 15 is 0 Å².